The number of benzene rings is 3. The summed E-state index contributed by atoms with van der Waals surface area (Å²) in [6, 6.07) is 19.7. The molecule has 174 valence electrons. The summed E-state index contributed by atoms with van der Waals surface area (Å²) >= 11 is 0. The van der Waals surface area contributed by atoms with Crippen LogP contribution in [-0.2, 0) is 6.61 Å². The van der Waals surface area contributed by atoms with Gasteiger partial charge in [0.25, 0.3) is 11.8 Å². The minimum atomic E-state index is -4.53. The number of rotatable bonds is 7. The highest BCUT2D eigenvalue weighted by Crippen LogP contribution is 2.21. The van der Waals surface area contributed by atoms with E-state index in [4.69, 9.17) is 4.74 Å². The molecule has 0 aliphatic rings. The fraction of sp³-hybridized carbons (Fsp3) is 0.160. The van der Waals surface area contributed by atoms with E-state index < -0.39 is 24.5 Å². The van der Waals surface area contributed by atoms with Crippen molar-refractivity contribution in [2.45, 2.75) is 19.7 Å². The maximum Gasteiger partial charge on any atom is 0.405 e. The first-order chi connectivity index (χ1) is 16.2. The minimum Gasteiger partial charge on any atom is -0.489 e. The number of halogens is 3. The van der Waals surface area contributed by atoms with Gasteiger partial charge in [-0.1, -0.05) is 30.3 Å². The number of hydrogen-bond acceptors (Lipinski definition) is 4. The number of nitrogens with zero attached hydrogens (tertiary/aromatic N) is 1. The monoisotopic (exact) mass is 467 g/mol. The Labute approximate surface area is 194 Å². The normalized spacial score (nSPS) is 10.8. The fourth-order valence-electron chi connectivity index (χ4n) is 3.02. The molecule has 0 radical (unpaired) electrons. The Hall–Kier alpha value is -4.32. The van der Waals surface area contributed by atoms with Gasteiger partial charge in [0.05, 0.1) is 11.6 Å². The third-order valence-electron chi connectivity index (χ3n) is 4.83. The van der Waals surface area contributed by atoms with Gasteiger partial charge in [-0.25, -0.2) is 0 Å². The summed E-state index contributed by atoms with van der Waals surface area (Å²) < 4.78 is 42.8. The highest BCUT2D eigenvalue weighted by molar-refractivity contribution is 6.05. The summed E-state index contributed by atoms with van der Waals surface area (Å²) in [5.41, 5.74) is 2.37. The summed E-state index contributed by atoms with van der Waals surface area (Å²) in [7, 11) is 0. The van der Waals surface area contributed by atoms with E-state index in [1.807, 2.05) is 0 Å². The first kappa shape index (κ1) is 24.3. The van der Waals surface area contributed by atoms with Crippen LogP contribution in [0.5, 0.6) is 5.75 Å². The van der Waals surface area contributed by atoms with Gasteiger partial charge in [-0.2, -0.15) is 18.4 Å². The average molecular weight is 467 g/mol. The maximum absolute atomic E-state index is 12.8. The molecule has 0 unspecified atom stereocenters. The number of alkyl halides is 3. The number of nitriles is 1. The van der Waals surface area contributed by atoms with Crippen LogP contribution in [0.2, 0.25) is 0 Å². The van der Waals surface area contributed by atoms with Crippen LogP contribution in [0.4, 0.5) is 18.9 Å². The van der Waals surface area contributed by atoms with Crippen molar-refractivity contribution in [1.82, 2.24) is 5.32 Å². The van der Waals surface area contributed by atoms with Crippen molar-refractivity contribution in [3.8, 4) is 11.8 Å². The molecule has 0 spiro atoms. The number of nitrogens with one attached hydrogen (secondary N) is 2. The van der Waals surface area contributed by atoms with Gasteiger partial charge in [0.1, 0.15) is 18.9 Å². The summed E-state index contributed by atoms with van der Waals surface area (Å²) in [4.78, 5) is 24.8. The second kappa shape index (κ2) is 10.5. The fourth-order valence-corrected chi connectivity index (χ4v) is 3.02. The second-order valence-corrected chi connectivity index (χ2v) is 7.37. The highest BCUT2D eigenvalue weighted by atomic mass is 19.4. The van der Waals surface area contributed by atoms with Crippen LogP contribution < -0.4 is 15.4 Å². The molecule has 3 aromatic carbocycles. The van der Waals surface area contributed by atoms with Crippen molar-refractivity contribution in [1.29, 1.82) is 5.26 Å². The maximum atomic E-state index is 12.8. The number of anilines is 1. The van der Waals surface area contributed by atoms with Crippen molar-refractivity contribution >= 4 is 17.5 Å². The van der Waals surface area contributed by atoms with Crippen LogP contribution in [-0.4, -0.2) is 24.5 Å². The molecular weight excluding hydrogens is 447 g/mol. The van der Waals surface area contributed by atoms with Gasteiger partial charge in [-0.3, -0.25) is 9.59 Å². The quantitative estimate of drug-likeness (QED) is 0.512. The number of carbonyl (C=O) groups is 2. The van der Waals surface area contributed by atoms with Crippen LogP contribution in [0.25, 0.3) is 0 Å². The SMILES string of the molecule is Cc1ccc(C(=O)NCC(F)(F)F)cc1NC(=O)c1cccc(OCc2ccccc2C#N)c1. The zero-order valence-electron chi connectivity index (χ0n) is 18.1. The van der Waals surface area contributed by atoms with E-state index in [2.05, 4.69) is 11.4 Å². The minimum absolute atomic E-state index is 0.0154. The molecule has 3 rings (SSSR count). The zero-order valence-corrected chi connectivity index (χ0v) is 18.1. The van der Waals surface area contributed by atoms with Crippen molar-refractivity contribution in [3.63, 3.8) is 0 Å². The summed E-state index contributed by atoms with van der Waals surface area (Å²) in [6.07, 6.45) is -4.53. The number of hydrogen-bond donors (Lipinski definition) is 2. The molecule has 0 atom stereocenters. The number of carbonyl (C=O) groups excluding carboxylic acids is 2. The Morgan fingerprint density at radius 1 is 0.971 bits per heavy atom. The Bertz CT molecular complexity index is 1250. The molecule has 0 aliphatic heterocycles. The molecule has 34 heavy (non-hydrogen) atoms. The number of ether oxygens (including phenoxy) is 1. The molecule has 2 N–H and O–H groups in total. The molecule has 0 heterocycles. The van der Waals surface area contributed by atoms with Gasteiger partial charge >= 0.3 is 6.18 Å². The van der Waals surface area contributed by atoms with Gasteiger partial charge in [-0.15, -0.1) is 0 Å². The van der Waals surface area contributed by atoms with Crippen molar-refractivity contribution in [2.24, 2.45) is 0 Å². The van der Waals surface area contributed by atoms with Crippen LogP contribution in [0.1, 0.15) is 37.4 Å². The van der Waals surface area contributed by atoms with Crippen LogP contribution in [0.15, 0.2) is 66.7 Å². The van der Waals surface area contributed by atoms with Gasteiger partial charge in [0.15, 0.2) is 0 Å². The lowest BCUT2D eigenvalue weighted by Gasteiger charge is -2.13. The lowest BCUT2D eigenvalue weighted by molar-refractivity contribution is -0.123. The highest BCUT2D eigenvalue weighted by Gasteiger charge is 2.28. The predicted molar refractivity (Wildman–Crippen MR) is 119 cm³/mol. The molecular formula is C25H20F3N3O3. The molecule has 9 heteroatoms. The summed E-state index contributed by atoms with van der Waals surface area (Å²) in [5.74, 6) is -0.975. The van der Waals surface area contributed by atoms with E-state index in [0.29, 0.717) is 28.1 Å². The molecule has 6 nitrogen and oxygen atoms in total. The van der Waals surface area contributed by atoms with Gasteiger partial charge in [0.2, 0.25) is 0 Å². The van der Waals surface area contributed by atoms with Crippen LogP contribution >= 0.6 is 0 Å². The van der Waals surface area contributed by atoms with E-state index in [1.165, 1.54) is 24.3 Å². The second-order valence-electron chi connectivity index (χ2n) is 7.37. The first-order valence-corrected chi connectivity index (χ1v) is 10.1. The average Bonchev–Trinajstić information content (AvgIpc) is 2.82. The van der Waals surface area contributed by atoms with E-state index in [9.17, 15) is 28.0 Å². The van der Waals surface area contributed by atoms with E-state index in [-0.39, 0.29) is 17.7 Å². The smallest absolute Gasteiger partial charge is 0.405 e. The number of aryl methyl sites for hydroxylation is 1. The molecule has 2 amide bonds. The molecule has 0 saturated heterocycles. The van der Waals surface area contributed by atoms with Gasteiger partial charge < -0.3 is 15.4 Å². The molecule has 0 fully saturated rings. The standard InChI is InChI=1S/C25H20F3N3O3/c1-16-9-10-18(23(32)30-15-25(26,27)28)12-22(16)31-24(33)17-7-4-8-21(11-17)34-14-20-6-3-2-5-19(20)13-29/h2-12H,14-15H2,1H3,(H,30,32)(H,31,33). The largest absolute Gasteiger partial charge is 0.489 e. The Morgan fingerprint density at radius 2 is 1.71 bits per heavy atom. The topological polar surface area (TPSA) is 91.2 Å². The van der Waals surface area contributed by atoms with E-state index in [1.54, 1.807) is 54.7 Å². The first-order valence-electron chi connectivity index (χ1n) is 10.1. The molecule has 3 aromatic rings. The van der Waals surface area contributed by atoms with Crippen LogP contribution in [0, 0.1) is 18.3 Å². The van der Waals surface area contributed by atoms with Gasteiger partial charge in [0, 0.05) is 22.4 Å². The molecule has 0 saturated carbocycles. The van der Waals surface area contributed by atoms with Crippen LogP contribution in [0.3, 0.4) is 0 Å². The third-order valence-corrected chi connectivity index (χ3v) is 4.83. The Morgan fingerprint density at radius 3 is 2.44 bits per heavy atom. The van der Waals surface area contributed by atoms with E-state index in [0.717, 1.165) is 0 Å². The van der Waals surface area contributed by atoms with Crippen molar-refractivity contribution in [2.75, 3.05) is 11.9 Å². The third kappa shape index (κ3) is 6.59. The molecule has 0 aromatic heterocycles. The van der Waals surface area contributed by atoms with Crippen molar-refractivity contribution < 1.29 is 27.5 Å². The predicted octanol–water partition coefficient (Wildman–Crippen LogP) is 4.99. The molecule has 0 bridgehead atoms. The number of amides is 2. The lowest BCUT2D eigenvalue weighted by Crippen LogP contribution is -2.33. The van der Waals surface area contributed by atoms with Crippen molar-refractivity contribution in [3.05, 3.63) is 94.5 Å². The van der Waals surface area contributed by atoms with E-state index >= 15 is 0 Å². The summed E-state index contributed by atoms with van der Waals surface area (Å²) in [6.45, 7) is 0.384. The molecule has 0 aliphatic carbocycles. The zero-order chi connectivity index (χ0) is 24.7. The van der Waals surface area contributed by atoms with Gasteiger partial charge in [-0.05, 0) is 48.9 Å². The Balaban J connectivity index is 1.70. The Kier molecular flexibility index (Phi) is 7.53. The summed E-state index contributed by atoms with van der Waals surface area (Å²) in [5, 5.41) is 13.7. The lowest BCUT2D eigenvalue weighted by atomic mass is 10.1.